The molecule has 29 heavy (non-hydrogen) atoms. The number of furan rings is 2. The Labute approximate surface area is 168 Å². The summed E-state index contributed by atoms with van der Waals surface area (Å²) in [6, 6.07) is 8.91. The second kappa shape index (κ2) is 8.03. The van der Waals surface area contributed by atoms with Gasteiger partial charge >= 0.3 is 0 Å². The Hall–Kier alpha value is -3.22. The van der Waals surface area contributed by atoms with Crippen molar-refractivity contribution >= 4 is 22.8 Å². The molecule has 7 heteroatoms. The molecule has 1 aliphatic rings. The Balaban J connectivity index is 1.40. The lowest BCUT2D eigenvalue weighted by molar-refractivity contribution is 0.0665. The van der Waals surface area contributed by atoms with Crippen molar-refractivity contribution in [3.63, 3.8) is 0 Å². The van der Waals surface area contributed by atoms with Gasteiger partial charge in [0.2, 0.25) is 0 Å². The highest BCUT2D eigenvalue weighted by Gasteiger charge is 2.27. The minimum atomic E-state index is -0.229. The van der Waals surface area contributed by atoms with E-state index in [2.05, 4.69) is 5.32 Å². The summed E-state index contributed by atoms with van der Waals surface area (Å²) >= 11 is 0. The molecule has 1 saturated heterocycles. The smallest absolute Gasteiger partial charge is 0.289 e. The maximum Gasteiger partial charge on any atom is 0.289 e. The van der Waals surface area contributed by atoms with Gasteiger partial charge < -0.3 is 23.8 Å². The number of carbonyl (C=O) groups excluding carboxylic acids is 2. The summed E-state index contributed by atoms with van der Waals surface area (Å²) in [5.74, 6) is 1.08. The van der Waals surface area contributed by atoms with E-state index in [9.17, 15) is 9.59 Å². The topological polar surface area (TPSA) is 84.9 Å². The molecule has 1 N–H and O–H groups in total. The summed E-state index contributed by atoms with van der Waals surface area (Å²) in [4.78, 5) is 26.9. The molecule has 0 aliphatic carbocycles. The van der Waals surface area contributed by atoms with Crippen molar-refractivity contribution in [2.45, 2.75) is 32.7 Å². The molecule has 152 valence electrons. The van der Waals surface area contributed by atoms with Crippen LogP contribution in [0.25, 0.3) is 11.0 Å². The number of rotatable bonds is 5. The first-order valence-corrected chi connectivity index (χ1v) is 9.86. The molecule has 3 aromatic rings. The Bertz CT molecular complexity index is 1010. The van der Waals surface area contributed by atoms with E-state index < -0.39 is 0 Å². The van der Waals surface area contributed by atoms with Crippen molar-refractivity contribution in [2.24, 2.45) is 0 Å². The van der Waals surface area contributed by atoms with Crippen LogP contribution in [-0.4, -0.2) is 42.5 Å². The van der Waals surface area contributed by atoms with Crippen LogP contribution in [0.2, 0.25) is 0 Å². The van der Waals surface area contributed by atoms with Gasteiger partial charge in [0.05, 0.1) is 12.9 Å². The zero-order chi connectivity index (χ0) is 20.4. The minimum absolute atomic E-state index is 0.00486. The van der Waals surface area contributed by atoms with E-state index in [0.29, 0.717) is 49.6 Å². The van der Waals surface area contributed by atoms with E-state index in [1.165, 1.54) is 6.26 Å². The molecule has 1 aliphatic heterocycles. The second-order valence-corrected chi connectivity index (χ2v) is 7.16. The van der Waals surface area contributed by atoms with Crippen molar-refractivity contribution in [1.82, 2.24) is 10.2 Å². The Morgan fingerprint density at radius 2 is 2.03 bits per heavy atom. The minimum Gasteiger partial charge on any atom is -0.494 e. The number of amides is 2. The molecule has 1 fully saturated rings. The third kappa shape index (κ3) is 3.85. The molecule has 0 radical (unpaired) electrons. The Morgan fingerprint density at radius 1 is 1.24 bits per heavy atom. The lowest BCUT2D eigenvalue weighted by Gasteiger charge is -2.31. The van der Waals surface area contributed by atoms with Crippen LogP contribution in [-0.2, 0) is 0 Å². The zero-order valence-electron chi connectivity index (χ0n) is 16.6. The quantitative estimate of drug-likeness (QED) is 0.710. The SMILES string of the molecule is CCOc1ccc2oc(C(=O)NC3CCN(C(=O)c4ccco4)CC3)c(C)c2c1. The molecule has 7 nitrogen and oxygen atoms in total. The number of nitrogens with zero attached hydrogens (tertiary/aromatic N) is 1. The molecule has 3 heterocycles. The van der Waals surface area contributed by atoms with Crippen molar-refractivity contribution in [3.05, 3.63) is 53.7 Å². The van der Waals surface area contributed by atoms with Crippen molar-refractivity contribution < 1.29 is 23.2 Å². The number of likely N-dealkylation sites (tertiary alicyclic amines) is 1. The van der Waals surface area contributed by atoms with E-state index in [4.69, 9.17) is 13.6 Å². The average molecular weight is 396 g/mol. The van der Waals surface area contributed by atoms with Crippen LogP contribution in [0, 0.1) is 6.92 Å². The summed E-state index contributed by atoms with van der Waals surface area (Å²) in [6.07, 6.45) is 2.87. The van der Waals surface area contributed by atoms with Gasteiger partial charge in [0.15, 0.2) is 11.5 Å². The molecule has 0 spiro atoms. The molecular weight excluding hydrogens is 372 g/mol. The Kier molecular flexibility index (Phi) is 5.29. The first kappa shape index (κ1) is 19.1. The highest BCUT2D eigenvalue weighted by atomic mass is 16.5. The maximum absolute atomic E-state index is 12.8. The highest BCUT2D eigenvalue weighted by molar-refractivity contribution is 5.99. The van der Waals surface area contributed by atoms with Crippen LogP contribution in [0.5, 0.6) is 5.75 Å². The number of hydrogen-bond acceptors (Lipinski definition) is 5. The fourth-order valence-corrected chi connectivity index (χ4v) is 3.71. The van der Waals surface area contributed by atoms with Crippen LogP contribution >= 0.6 is 0 Å². The molecule has 4 rings (SSSR count). The fourth-order valence-electron chi connectivity index (χ4n) is 3.71. The van der Waals surface area contributed by atoms with Crippen molar-refractivity contribution in [3.8, 4) is 5.75 Å². The lowest BCUT2D eigenvalue weighted by Crippen LogP contribution is -2.46. The standard InChI is InChI=1S/C22H24N2O5/c1-3-27-16-6-7-18-17(13-16)14(2)20(29-18)21(25)23-15-8-10-24(11-9-15)22(26)19-5-4-12-28-19/h4-7,12-13,15H,3,8-11H2,1-2H3,(H,23,25). The summed E-state index contributed by atoms with van der Waals surface area (Å²) < 4.78 is 16.5. The molecule has 0 saturated carbocycles. The van der Waals surface area contributed by atoms with Gasteiger partial charge in [-0.1, -0.05) is 0 Å². The van der Waals surface area contributed by atoms with E-state index in [1.54, 1.807) is 17.0 Å². The van der Waals surface area contributed by atoms with Crippen LogP contribution in [0.15, 0.2) is 45.4 Å². The molecule has 2 amide bonds. The van der Waals surface area contributed by atoms with Crippen LogP contribution in [0.3, 0.4) is 0 Å². The summed E-state index contributed by atoms with van der Waals surface area (Å²) in [6.45, 7) is 5.53. The van der Waals surface area contributed by atoms with Crippen LogP contribution < -0.4 is 10.1 Å². The van der Waals surface area contributed by atoms with Gasteiger partial charge in [-0.3, -0.25) is 9.59 Å². The fraction of sp³-hybridized carbons (Fsp3) is 0.364. The number of nitrogens with one attached hydrogen (secondary N) is 1. The Morgan fingerprint density at radius 3 is 2.72 bits per heavy atom. The molecule has 2 aromatic heterocycles. The van der Waals surface area contributed by atoms with Gasteiger partial charge in [-0.05, 0) is 57.0 Å². The number of hydrogen-bond donors (Lipinski definition) is 1. The van der Waals surface area contributed by atoms with E-state index in [1.807, 2.05) is 32.0 Å². The third-order valence-corrected chi connectivity index (χ3v) is 5.27. The highest BCUT2D eigenvalue weighted by Crippen LogP contribution is 2.29. The normalized spacial score (nSPS) is 14.9. The predicted octanol–water partition coefficient (Wildman–Crippen LogP) is 3.77. The molecule has 0 bridgehead atoms. The van der Waals surface area contributed by atoms with Gasteiger partial charge in [-0.15, -0.1) is 0 Å². The number of fused-ring (bicyclic) bond motifs is 1. The number of carbonyl (C=O) groups is 2. The summed E-state index contributed by atoms with van der Waals surface area (Å²) in [7, 11) is 0. The monoisotopic (exact) mass is 396 g/mol. The largest absolute Gasteiger partial charge is 0.494 e. The number of benzene rings is 1. The first-order chi connectivity index (χ1) is 14.1. The number of ether oxygens (including phenoxy) is 1. The third-order valence-electron chi connectivity index (χ3n) is 5.27. The van der Waals surface area contributed by atoms with Gasteiger partial charge in [0, 0.05) is 30.1 Å². The molecular formula is C22H24N2O5. The molecule has 0 unspecified atom stereocenters. The second-order valence-electron chi connectivity index (χ2n) is 7.16. The molecule has 1 aromatic carbocycles. The van der Waals surface area contributed by atoms with Gasteiger partial charge in [0.1, 0.15) is 11.3 Å². The van der Waals surface area contributed by atoms with Gasteiger partial charge in [-0.2, -0.15) is 0 Å². The van der Waals surface area contributed by atoms with Crippen molar-refractivity contribution in [1.29, 1.82) is 0 Å². The summed E-state index contributed by atoms with van der Waals surface area (Å²) in [5, 5.41) is 3.92. The van der Waals surface area contributed by atoms with Gasteiger partial charge in [-0.25, -0.2) is 0 Å². The predicted molar refractivity (Wildman–Crippen MR) is 107 cm³/mol. The van der Waals surface area contributed by atoms with Crippen LogP contribution in [0.1, 0.15) is 46.4 Å². The summed E-state index contributed by atoms with van der Waals surface area (Å²) in [5.41, 5.74) is 1.46. The van der Waals surface area contributed by atoms with E-state index >= 15 is 0 Å². The van der Waals surface area contributed by atoms with E-state index in [0.717, 1.165) is 16.7 Å². The average Bonchev–Trinajstić information content (AvgIpc) is 3.37. The number of piperidine rings is 1. The molecule has 0 atom stereocenters. The first-order valence-electron chi connectivity index (χ1n) is 9.86. The van der Waals surface area contributed by atoms with E-state index in [-0.39, 0.29) is 17.9 Å². The van der Waals surface area contributed by atoms with Gasteiger partial charge in [0.25, 0.3) is 11.8 Å². The number of aryl methyl sites for hydroxylation is 1. The maximum atomic E-state index is 12.8. The zero-order valence-corrected chi connectivity index (χ0v) is 16.6. The van der Waals surface area contributed by atoms with Crippen molar-refractivity contribution in [2.75, 3.05) is 19.7 Å². The van der Waals surface area contributed by atoms with Crippen LogP contribution in [0.4, 0.5) is 0 Å². The lowest BCUT2D eigenvalue weighted by atomic mass is 10.0.